The first kappa shape index (κ1) is 16.6. The Balaban J connectivity index is 2.11. The van der Waals surface area contributed by atoms with Crippen LogP contribution in [0.25, 0.3) is 0 Å². The molecule has 0 fully saturated rings. The molecule has 0 spiro atoms. The monoisotopic (exact) mass is 308 g/mol. The predicted molar refractivity (Wildman–Crippen MR) is 90.6 cm³/mol. The molecule has 118 valence electrons. The lowest BCUT2D eigenvalue weighted by Gasteiger charge is -2.12. The van der Waals surface area contributed by atoms with E-state index in [0.29, 0.717) is 29.2 Å². The zero-order chi connectivity index (χ0) is 16.5. The van der Waals surface area contributed by atoms with E-state index in [-0.39, 0.29) is 5.91 Å². The van der Waals surface area contributed by atoms with E-state index in [9.17, 15) is 4.79 Å². The summed E-state index contributed by atoms with van der Waals surface area (Å²) in [5.41, 5.74) is 1.40. The van der Waals surface area contributed by atoms with Gasteiger partial charge in [0.2, 0.25) is 0 Å². The molecule has 0 saturated carbocycles. The largest absolute Gasteiger partial charge is 0.493 e. The highest BCUT2D eigenvalue weighted by Gasteiger charge is 2.13. The fourth-order valence-electron chi connectivity index (χ4n) is 2.19. The molecule has 0 atom stereocenters. The Morgan fingerprint density at radius 2 is 1.87 bits per heavy atom. The number of anilines is 1. The molecule has 1 N–H and O–H groups in total. The van der Waals surface area contributed by atoms with E-state index in [0.717, 1.165) is 19.3 Å². The second-order valence-electron chi connectivity index (χ2n) is 5.16. The zero-order valence-corrected chi connectivity index (χ0v) is 13.2. The maximum Gasteiger partial charge on any atom is 0.259 e. The third-order valence-corrected chi connectivity index (χ3v) is 3.43. The standard InChI is InChI=1S/C19H20N2O2/c1-2-3-8-13-23-18-12-7-5-10-16(18)19(22)21-17-11-6-4-9-15(17)14-20/h4-7,9-12H,2-3,8,13H2,1H3,(H,21,22). The molecule has 0 aliphatic heterocycles. The number of carbonyl (C=O) groups is 1. The number of benzene rings is 2. The number of hydrogen-bond donors (Lipinski definition) is 1. The van der Waals surface area contributed by atoms with Gasteiger partial charge in [-0.2, -0.15) is 5.26 Å². The van der Waals surface area contributed by atoms with E-state index in [2.05, 4.69) is 18.3 Å². The van der Waals surface area contributed by atoms with Crippen molar-refractivity contribution in [1.29, 1.82) is 5.26 Å². The van der Waals surface area contributed by atoms with Crippen LogP contribution in [-0.4, -0.2) is 12.5 Å². The number of unbranched alkanes of at least 4 members (excludes halogenated alkanes) is 2. The maximum atomic E-state index is 12.5. The summed E-state index contributed by atoms with van der Waals surface area (Å²) in [5, 5.41) is 11.9. The number of ether oxygens (including phenoxy) is 1. The third-order valence-electron chi connectivity index (χ3n) is 3.43. The van der Waals surface area contributed by atoms with E-state index in [1.165, 1.54) is 0 Å². The Bertz CT molecular complexity index is 705. The van der Waals surface area contributed by atoms with Gasteiger partial charge < -0.3 is 10.1 Å². The molecule has 0 aliphatic rings. The number of nitriles is 1. The van der Waals surface area contributed by atoms with Gasteiger partial charge >= 0.3 is 0 Å². The minimum Gasteiger partial charge on any atom is -0.493 e. The summed E-state index contributed by atoms with van der Waals surface area (Å²) in [6.07, 6.45) is 3.18. The number of amides is 1. The van der Waals surface area contributed by atoms with E-state index < -0.39 is 0 Å². The highest BCUT2D eigenvalue weighted by molar-refractivity contribution is 6.06. The van der Waals surface area contributed by atoms with E-state index >= 15 is 0 Å². The summed E-state index contributed by atoms with van der Waals surface area (Å²) < 4.78 is 5.73. The van der Waals surface area contributed by atoms with Crippen LogP contribution in [0, 0.1) is 11.3 Å². The van der Waals surface area contributed by atoms with Crippen LogP contribution in [0.1, 0.15) is 42.1 Å². The van der Waals surface area contributed by atoms with Crippen LogP contribution in [0.2, 0.25) is 0 Å². The summed E-state index contributed by atoms with van der Waals surface area (Å²) in [6.45, 7) is 2.72. The van der Waals surface area contributed by atoms with Gasteiger partial charge in [-0.25, -0.2) is 0 Å². The van der Waals surface area contributed by atoms with Crippen LogP contribution < -0.4 is 10.1 Å². The van der Waals surface area contributed by atoms with Crippen LogP contribution in [0.15, 0.2) is 48.5 Å². The molecule has 4 heteroatoms. The van der Waals surface area contributed by atoms with Crippen LogP contribution in [0.3, 0.4) is 0 Å². The minimum absolute atomic E-state index is 0.279. The van der Waals surface area contributed by atoms with Crippen molar-refractivity contribution in [3.8, 4) is 11.8 Å². The van der Waals surface area contributed by atoms with E-state index in [1.807, 2.05) is 6.07 Å². The van der Waals surface area contributed by atoms with Gasteiger partial charge in [0.05, 0.1) is 23.4 Å². The van der Waals surface area contributed by atoms with Crippen molar-refractivity contribution in [1.82, 2.24) is 0 Å². The molecule has 2 rings (SSSR count). The molecule has 0 aliphatic carbocycles. The molecule has 23 heavy (non-hydrogen) atoms. The summed E-state index contributed by atoms with van der Waals surface area (Å²) >= 11 is 0. The maximum absolute atomic E-state index is 12.5. The van der Waals surface area contributed by atoms with Crippen molar-refractivity contribution >= 4 is 11.6 Å². The van der Waals surface area contributed by atoms with Crippen LogP contribution in [0.5, 0.6) is 5.75 Å². The normalized spacial score (nSPS) is 9.91. The quantitative estimate of drug-likeness (QED) is 0.772. The highest BCUT2D eigenvalue weighted by atomic mass is 16.5. The Hall–Kier alpha value is -2.80. The number of para-hydroxylation sites is 2. The average Bonchev–Trinajstić information content (AvgIpc) is 2.59. The molecule has 0 heterocycles. The van der Waals surface area contributed by atoms with E-state index in [1.54, 1.807) is 42.5 Å². The van der Waals surface area contributed by atoms with Crippen molar-refractivity contribution in [2.24, 2.45) is 0 Å². The summed E-state index contributed by atoms with van der Waals surface area (Å²) in [6, 6.07) is 16.1. The fraction of sp³-hybridized carbons (Fsp3) is 0.263. The van der Waals surface area contributed by atoms with E-state index in [4.69, 9.17) is 10.00 Å². The Kier molecular flexibility index (Phi) is 6.19. The van der Waals surface area contributed by atoms with Gasteiger partial charge in [0.25, 0.3) is 5.91 Å². The smallest absolute Gasteiger partial charge is 0.259 e. The first-order valence-corrected chi connectivity index (χ1v) is 7.78. The van der Waals surface area contributed by atoms with Crippen molar-refractivity contribution in [3.63, 3.8) is 0 Å². The van der Waals surface area contributed by atoms with Gasteiger partial charge in [-0.15, -0.1) is 0 Å². The molecule has 0 aromatic heterocycles. The Morgan fingerprint density at radius 3 is 2.65 bits per heavy atom. The number of nitrogens with zero attached hydrogens (tertiary/aromatic N) is 1. The van der Waals surface area contributed by atoms with Crippen molar-refractivity contribution < 1.29 is 9.53 Å². The lowest BCUT2D eigenvalue weighted by Crippen LogP contribution is -2.14. The summed E-state index contributed by atoms with van der Waals surface area (Å²) in [5.74, 6) is 0.286. The van der Waals surface area contributed by atoms with Gasteiger partial charge in [0, 0.05) is 0 Å². The van der Waals surface area contributed by atoms with Gasteiger partial charge in [-0.3, -0.25) is 4.79 Å². The highest BCUT2D eigenvalue weighted by Crippen LogP contribution is 2.21. The molecule has 2 aromatic rings. The lowest BCUT2D eigenvalue weighted by molar-refractivity contribution is 0.102. The molecular formula is C19H20N2O2. The molecule has 0 radical (unpaired) electrons. The predicted octanol–water partition coefficient (Wildman–Crippen LogP) is 4.38. The first-order valence-electron chi connectivity index (χ1n) is 7.78. The zero-order valence-electron chi connectivity index (χ0n) is 13.2. The topological polar surface area (TPSA) is 62.1 Å². The summed E-state index contributed by atoms with van der Waals surface area (Å²) in [4.78, 5) is 12.5. The third kappa shape index (κ3) is 4.58. The first-order chi connectivity index (χ1) is 11.3. The molecule has 0 saturated heterocycles. The molecule has 0 unspecified atom stereocenters. The SMILES string of the molecule is CCCCCOc1ccccc1C(=O)Nc1ccccc1C#N. The van der Waals surface area contributed by atoms with Crippen LogP contribution in [-0.2, 0) is 0 Å². The number of nitrogens with one attached hydrogen (secondary N) is 1. The second-order valence-corrected chi connectivity index (χ2v) is 5.16. The van der Waals surface area contributed by atoms with Crippen LogP contribution >= 0.6 is 0 Å². The molecule has 4 nitrogen and oxygen atoms in total. The molecular weight excluding hydrogens is 288 g/mol. The fourth-order valence-corrected chi connectivity index (χ4v) is 2.19. The van der Waals surface area contributed by atoms with Gasteiger partial charge in [0.15, 0.2) is 0 Å². The second kappa shape index (κ2) is 8.60. The van der Waals surface area contributed by atoms with Gasteiger partial charge in [-0.05, 0) is 30.7 Å². The van der Waals surface area contributed by atoms with Crippen molar-refractivity contribution in [2.45, 2.75) is 26.2 Å². The van der Waals surface area contributed by atoms with Crippen molar-refractivity contribution in [3.05, 3.63) is 59.7 Å². The van der Waals surface area contributed by atoms with Gasteiger partial charge in [0.1, 0.15) is 11.8 Å². The summed E-state index contributed by atoms with van der Waals surface area (Å²) in [7, 11) is 0. The Labute approximate surface area is 136 Å². The lowest BCUT2D eigenvalue weighted by atomic mass is 10.1. The average molecular weight is 308 g/mol. The Morgan fingerprint density at radius 1 is 1.13 bits per heavy atom. The molecule has 1 amide bonds. The molecule has 2 aromatic carbocycles. The minimum atomic E-state index is -0.279. The van der Waals surface area contributed by atoms with Crippen molar-refractivity contribution in [2.75, 3.05) is 11.9 Å². The number of hydrogen-bond acceptors (Lipinski definition) is 3. The number of carbonyl (C=O) groups excluding carboxylic acids is 1. The molecule has 0 bridgehead atoms. The van der Waals surface area contributed by atoms with Gasteiger partial charge in [-0.1, -0.05) is 44.0 Å². The number of rotatable bonds is 7. The van der Waals surface area contributed by atoms with Crippen LogP contribution in [0.4, 0.5) is 5.69 Å².